The molecular formula is C22H29F3N4O2. The number of amides is 3. The molecule has 3 aliphatic rings. The van der Waals surface area contributed by atoms with E-state index in [0.29, 0.717) is 32.0 Å². The summed E-state index contributed by atoms with van der Waals surface area (Å²) in [5.74, 6) is -1.78. The minimum absolute atomic E-state index is 0.00959. The van der Waals surface area contributed by atoms with Gasteiger partial charge in [0.2, 0.25) is 0 Å². The van der Waals surface area contributed by atoms with Crippen molar-refractivity contribution in [2.75, 3.05) is 38.1 Å². The maximum Gasteiger partial charge on any atom is 0.471 e. The lowest BCUT2D eigenvalue weighted by atomic mass is 9.90. The van der Waals surface area contributed by atoms with Crippen LogP contribution >= 0.6 is 0 Å². The molecule has 0 spiro atoms. The topological polar surface area (TPSA) is 55.9 Å². The number of urea groups is 1. The quantitative estimate of drug-likeness (QED) is 0.790. The van der Waals surface area contributed by atoms with Crippen LogP contribution in [0.5, 0.6) is 0 Å². The summed E-state index contributed by atoms with van der Waals surface area (Å²) in [5, 5.41) is 3.31. The summed E-state index contributed by atoms with van der Waals surface area (Å²) in [7, 11) is 1.98. The van der Waals surface area contributed by atoms with Crippen molar-refractivity contribution in [3.8, 4) is 0 Å². The van der Waals surface area contributed by atoms with Gasteiger partial charge in [-0.1, -0.05) is 6.07 Å². The Balaban J connectivity index is 1.43. The molecule has 0 radical (unpaired) electrons. The van der Waals surface area contributed by atoms with Crippen molar-refractivity contribution in [3.63, 3.8) is 0 Å². The zero-order valence-corrected chi connectivity index (χ0v) is 17.7. The third-order valence-corrected chi connectivity index (χ3v) is 6.92. The Labute approximate surface area is 180 Å². The van der Waals surface area contributed by atoms with E-state index in [1.165, 1.54) is 0 Å². The predicted molar refractivity (Wildman–Crippen MR) is 111 cm³/mol. The molecule has 1 N–H and O–H groups in total. The fourth-order valence-corrected chi connectivity index (χ4v) is 5.07. The smallest absolute Gasteiger partial charge is 0.334 e. The molecule has 9 heteroatoms. The van der Waals surface area contributed by atoms with Gasteiger partial charge in [0.15, 0.2) is 0 Å². The number of anilines is 1. The van der Waals surface area contributed by atoms with Gasteiger partial charge >= 0.3 is 18.1 Å². The van der Waals surface area contributed by atoms with E-state index in [1.54, 1.807) is 4.90 Å². The highest BCUT2D eigenvalue weighted by Gasteiger charge is 2.42. The summed E-state index contributed by atoms with van der Waals surface area (Å²) in [6.45, 7) is 1.39. The molecule has 6 nitrogen and oxygen atoms in total. The molecule has 0 unspecified atom stereocenters. The molecule has 170 valence electrons. The second-order valence-electron chi connectivity index (χ2n) is 8.66. The van der Waals surface area contributed by atoms with Gasteiger partial charge in [0, 0.05) is 44.0 Å². The molecule has 1 aromatic carbocycles. The predicted octanol–water partition coefficient (Wildman–Crippen LogP) is 2.95. The van der Waals surface area contributed by atoms with Crippen LogP contribution < -0.4 is 10.2 Å². The van der Waals surface area contributed by atoms with Crippen LogP contribution in [0.3, 0.4) is 0 Å². The molecule has 2 fully saturated rings. The molecule has 1 aliphatic carbocycles. The van der Waals surface area contributed by atoms with Gasteiger partial charge in [-0.05, 0) is 68.8 Å². The second-order valence-corrected chi connectivity index (χ2v) is 8.66. The van der Waals surface area contributed by atoms with Gasteiger partial charge < -0.3 is 15.1 Å². The van der Waals surface area contributed by atoms with Crippen LogP contribution in [-0.4, -0.2) is 73.2 Å². The summed E-state index contributed by atoms with van der Waals surface area (Å²) in [6, 6.07) is 6.48. The van der Waals surface area contributed by atoms with E-state index in [-0.39, 0.29) is 25.2 Å². The number of fused-ring (bicyclic) bond motifs is 1. The minimum atomic E-state index is -4.85. The first kappa shape index (κ1) is 21.9. The number of alkyl halides is 3. The van der Waals surface area contributed by atoms with Crippen LogP contribution in [0.25, 0.3) is 0 Å². The van der Waals surface area contributed by atoms with Crippen molar-refractivity contribution in [2.24, 2.45) is 0 Å². The average Bonchev–Trinajstić information content (AvgIpc) is 3.01. The Morgan fingerprint density at radius 2 is 1.68 bits per heavy atom. The standard InChI is InChI=1S/C22H29F3N4O2/c1-26-17-3-6-18(7-4-17)28-12-13-29(21(28)31)19-5-2-15-8-10-27(11-9-16(15)14-19)20(30)22(23,24)25/h2,5,14,17-18,26H,3-4,6-13H2,1H3/t17-,18-. The zero-order valence-electron chi connectivity index (χ0n) is 17.7. The van der Waals surface area contributed by atoms with Crippen molar-refractivity contribution in [1.29, 1.82) is 0 Å². The molecule has 0 bridgehead atoms. The van der Waals surface area contributed by atoms with Crippen LogP contribution in [0.1, 0.15) is 36.8 Å². The van der Waals surface area contributed by atoms with Gasteiger partial charge in [-0.2, -0.15) is 13.2 Å². The summed E-state index contributed by atoms with van der Waals surface area (Å²) in [4.78, 5) is 29.3. The first-order valence-corrected chi connectivity index (χ1v) is 11.0. The molecule has 1 saturated carbocycles. The van der Waals surface area contributed by atoms with Crippen LogP contribution in [0.2, 0.25) is 0 Å². The summed E-state index contributed by atoms with van der Waals surface area (Å²) >= 11 is 0. The normalized spacial score (nSPS) is 24.9. The lowest BCUT2D eigenvalue weighted by Gasteiger charge is -2.34. The highest BCUT2D eigenvalue weighted by atomic mass is 19.4. The molecule has 2 aliphatic heterocycles. The highest BCUT2D eigenvalue weighted by Crippen LogP contribution is 2.30. The molecule has 2 heterocycles. The van der Waals surface area contributed by atoms with E-state index >= 15 is 0 Å². The van der Waals surface area contributed by atoms with E-state index in [2.05, 4.69) is 5.32 Å². The maximum atomic E-state index is 13.1. The van der Waals surface area contributed by atoms with E-state index in [1.807, 2.05) is 30.1 Å². The van der Waals surface area contributed by atoms with E-state index < -0.39 is 12.1 Å². The van der Waals surface area contributed by atoms with E-state index in [0.717, 1.165) is 47.4 Å². The van der Waals surface area contributed by atoms with Crippen LogP contribution in [0.15, 0.2) is 18.2 Å². The zero-order chi connectivity index (χ0) is 22.2. The number of halogens is 3. The van der Waals surface area contributed by atoms with Crippen molar-refractivity contribution >= 4 is 17.6 Å². The number of hydrogen-bond acceptors (Lipinski definition) is 3. The Morgan fingerprint density at radius 1 is 1.00 bits per heavy atom. The Bertz CT molecular complexity index is 837. The van der Waals surface area contributed by atoms with Gasteiger partial charge in [-0.25, -0.2) is 4.79 Å². The first-order valence-electron chi connectivity index (χ1n) is 11.0. The third-order valence-electron chi connectivity index (χ3n) is 6.92. The lowest BCUT2D eigenvalue weighted by molar-refractivity contribution is -0.185. The maximum absolute atomic E-state index is 13.1. The number of benzene rings is 1. The fraction of sp³-hybridized carbons (Fsp3) is 0.636. The SMILES string of the molecule is CN[C@H]1CC[C@H](N2CCN(c3ccc4c(c3)CCN(C(=O)C(F)(F)F)CC4)C2=O)CC1. The first-order chi connectivity index (χ1) is 14.8. The molecule has 1 saturated heterocycles. The van der Waals surface area contributed by atoms with Crippen LogP contribution in [-0.2, 0) is 17.6 Å². The molecule has 31 heavy (non-hydrogen) atoms. The summed E-state index contributed by atoms with van der Waals surface area (Å²) < 4.78 is 38.4. The van der Waals surface area contributed by atoms with Crippen molar-refractivity contribution in [1.82, 2.24) is 15.1 Å². The van der Waals surface area contributed by atoms with Crippen LogP contribution in [0.4, 0.5) is 23.7 Å². The van der Waals surface area contributed by atoms with Gasteiger partial charge in [0.1, 0.15) is 0 Å². The second kappa shape index (κ2) is 8.68. The Morgan fingerprint density at radius 3 is 2.32 bits per heavy atom. The molecule has 0 aromatic heterocycles. The third kappa shape index (κ3) is 4.51. The minimum Gasteiger partial charge on any atom is -0.334 e. The number of rotatable bonds is 3. The number of nitrogens with zero attached hydrogens (tertiary/aromatic N) is 3. The number of carbonyl (C=O) groups excluding carboxylic acids is 2. The van der Waals surface area contributed by atoms with Gasteiger partial charge in [0.25, 0.3) is 0 Å². The number of hydrogen-bond donors (Lipinski definition) is 1. The largest absolute Gasteiger partial charge is 0.471 e. The van der Waals surface area contributed by atoms with Crippen molar-refractivity contribution < 1.29 is 22.8 Å². The number of nitrogens with one attached hydrogen (secondary N) is 1. The van der Waals surface area contributed by atoms with Gasteiger partial charge in [-0.15, -0.1) is 0 Å². The Hall–Kier alpha value is -2.29. The average molecular weight is 438 g/mol. The van der Waals surface area contributed by atoms with Crippen molar-refractivity contribution in [3.05, 3.63) is 29.3 Å². The number of carbonyl (C=O) groups is 2. The highest BCUT2D eigenvalue weighted by molar-refractivity contribution is 5.94. The molecular weight excluding hydrogens is 409 g/mol. The Kier molecular flexibility index (Phi) is 6.14. The monoisotopic (exact) mass is 438 g/mol. The van der Waals surface area contributed by atoms with Crippen LogP contribution in [0, 0.1) is 0 Å². The van der Waals surface area contributed by atoms with Gasteiger partial charge in [0.05, 0.1) is 0 Å². The lowest BCUT2D eigenvalue weighted by Crippen LogP contribution is -2.43. The molecule has 4 rings (SSSR count). The van der Waals surface area contributed by atoms with E-state index in [4.69, 9.17) is 0 Å². The molecule has 0 atom stereocenters. The molecule has 3 amide bonds. The summed E-state index contributed by atoms with van der Waals surface area (Å²) in [5.41, 5.74) is 2.64. The van der Waals surface area contributed by atoms with Crippen molar-refractivity contribution in [2.45, 2.75) is 56.8 Å². The molecule has 1 aromatic rings. The van der Waals surface area contributed by atoms with E-state index in [9.17, 15) is 22.8 Å². The fourth-order valence-electron chi connectivity index (χ4n) is 5.07. The summed E-state index contributed by atoms with van der Waals surface area (Å²) in [6.07, 6.45) is 0.0149. The van der Waals surface area contributed by atoms with Gasteiger partial charge in [-0.3, -0.25) is 9.69 Å².